The number of nitrogens with zero attached hydrogens (tertiary/aromatic N) is 3. The highest BCUT2D eigenvalue weighted by atomic mass is 19.1. The molecule has 0 bridgehead atoms. The van der Waals surface area contributed by atoms with Crippen LogP contribution in [0.1, 0.15) is 28.9 Å². The maximum Gasteiger partial charge on any atom is 0.220 e. The van der Waals surface area contributed by atoms with Crippen LogP contribution in [-0.2, 0) is 24.8 Å². The number of nitrogens with one attached hydrogen (secondary N) is 1. The summed E-state index contributed by atoms with van der Waals surface area (Å²) in [7, 11) is 1.91. The molecule has 6 nitrogen and oxygen atoms in total. The SMILES string of the molecule is Cc1nn(C)c(C)c1CCC(=O)NCc1ccc(Oc2ccc(F)cc2)nc1. The molecule has 1 amide bonds. The van der Waals surface area contributed by atoms with Crippen LogP contribution in [0.4, 0.5) is 4.39 Å². The summed E-state index contributed by atoms with van der Waals surface area (Å²) in [6.07, 6.45) is 2.72. The summed E-state index contributed by atoms with van der Waals surface area (Å²) in [5.74, 6) is 0.578. The highest BCUT2D eigenvalue weighted by molar-refractivity contribution is 5.76. The number of halogens is 1. The number of aromatic nitrogens is 3. The van der Waals surface area contributed by atoms with Crippen molar-refractivity contribution in [3.63, 3.8) is 0 Å². The topological polar surface area (TPSA) is 69.0 Å². The minimum atomic E-state index is -0.319. The van der Waals surface area contributed by atoms with Crippen molar-refractivity contribution in [2.45, 2.75) is 33.2 Å². The van der Waals surface area contributed by atoms with E-state index in [4.69, 9.17) is 4.74 Å². The Morgan fingerprint density at radius 3 is 2.54 bits per heavy atom. The van der Waals surface area contributed by atoms with Crippen molar-refractivity contribution in [3.8, 4) is 11.6 Å². The first-order valence-electron chi connectivity index (χ1n) is 9.06. The second-order valence-corrected chi connectivity index (χ2v) is 6.61. The molecule has 0 unspecified atom stereocenters. The summed E-state index contributed by atoms with van der Waals surface area (Å²) >= 11 is 0. The summed E-state index contributed by atoms with van der Waals surface area (Å²) in [6.45, 7) is 4.36. The Balaban J connectivity index is 1.47. The Morgan fingerprint density at radius 2 is 1.93 bits per heavy atom. The molecule has 3 rings (SSSR count). The van der Waals surface area contributed by atoms with Gasteiger partial charge in [0.2, 0.25) is 11.8 Å². The number of ether oxygens (including phenoxy) is 1. The van der Waals surface area contributed by atoms with E-state index in [9.17, 15) is 9.18 Å². The van der Waals surface area contributed by atoms with Gasteiger partial charge in [-0.15, -0.1) is 0 Å². The Labute approximate surface area is 163 Å². The molecule has 1 N–H and O–H groups in total. The number of amides is 1. The van der Waals surface area contributed by atoms with E-state index in [0.29, 0.717) is 31.0 Å². The molecule has 0 aliphatic rings. The monoisotopic (exact) mass is 382 g/mol. The van der Waals surface area contributed by atoms with Crippen LogP contribution in [0.25, 0.3) is 0 Å². The molecule has 146 valence electrons. The van der Waals surface area contributed by atoms with Crippen LogP contribution in [0.5, 0.6) is 11.6 Å². The number of benzene rings is 1. The minimum absolute atomic E-state index is 0.0192. The average Bonchev–Trinajstić information content (AvgIpc) is 2.93. The first kappa shape index (κ1) is 19.5. The molecule has 28 heavy (non-hydrogen) atoms. The van der Waals surface area contributed by atoms with E-state index in [1.165, 1.54) is 24.3 Å². The summed E-state index contributed by atoms with van der Waals surface area (Å²) in [5, 5.41) is 7.27. The first-order chi connectivity index (χ1) is 13.4. The number of carbonyl (C=O) groups excluding carboxylic acids is 1. The fraction of sp³-hybridized carbons (Fsp3) is 0.286. The van der Waals surface area contributed by atoms with Crippen LogP contribution in [0, 0.1) is 19.7 Å². The van der Waals surface area contributed by atoms with Crippen LogP contribution in [0.3, 0.4) is 0 Å². The molecule has 0 fully saturated rings. The lowest BCUT2D eigenvalue weighted by molar-refractivity contribution is -0.121. The van der Waals surface area contributed by atoms with Gasteiger partial charge in [0.05, 0.1) is 5.69 Å². The lowest BCUT2D eigenvalue weighted by Gasteiger charge is -2.07. The molecule has 0 aliphatic carbocycles. The van der Waals surface area contributed by atoms with Gasteiger partial charge in [0.1, 0.15) is 11.6 Å². The highest BCUT2D eigenvalue weighted by Crippen LogP contribution is 2.19. The summed E-state index contributed by atoms with van der Waals surface area (Å²) in [5.41, 5.74) is 4.05. The molecule has 2 aromatic heterocycles. The van der Waals surface area contributed by atoms with E-state index >= 15 is 0 Å². The standard InChI is InChI=1S/C21H23FN4O2/c1-14-19(15(2)26(3)25-14)9-10-20(27)23-12-16-4-11-21(24-13-16)28-18-7-5-17(22)6-8-18/h4-8,11,13H,9-10,12H2,1-3H3,(H,23,27). The number of carbonyl (C=O) groups is 1. The quantitative estimate of drug-likeness (QED) is 0.678. The molecule has 0 saturated carbocycles. The van der Waals surface area contributed by atoms with Crippen molar-refractivity contribution in [2.75, 3.05) is 0 Å². The largest absolute Gasteiger partial charge is 0.439 e. The lowest BCUT2D eigenvalue weighted by atomic mass is 10.1. The van der Waals surface area contributed by atoms with Crippen LogP contribution in [0.2, 0.25) is 0 Å². The number of pyridine rings is 1. The minimum Gasteiger partial charge on any atom is -0.439 e. The van der Waals surface area contributed by atoms with E-state index < -0.39 is 0 Å². The second kappa shape index (κ2) is 8.65. The van der Waals surface area contributed by atoms with Crippen LogP contribution in [0.15, 0.2) is 42.6 Å². The molecular formula is C21H23FN4O2. The van der Waals surface area contributed by atoms with E-state index in [0.717, 1.165) is 22.5 Å². The van der Waals surface area contributed by atoms with E-state index in [2.05, 4.69) is 15.4 Å². The van der Waals surface area contributed by atoms with Gasteiger partial charge in [-0.05, 0) is 55.7 Å². The number of rotatable bonds is 7. The number of hydrogen-bond acceptors (Lipinski definition) is 4. The van der Waals surface area contributed by atoms with Crippen molar-refractivity contribution in [3.05, 3.63) is 70.9 Å². The Bertz CT molecular complexity index is 950. The molecule has 0 aliphatic heterocycles. The molecule has 0 spiro atoms. The Hall–Kier alpha value is -3.22. The van der Waals surface area contributed by atoms with Crippen LogP contribution >= 0.6 is 0 Å². The molecule has 2 heterocycles. The van der Waals surface area contributed by atoms with Gasteiger partial charge in [-0.3, -0.25) is 9.48 Å². The third kappa shape index (κ3) is 4.94. The maximum absolute atomic E-state index is 12.9. The number of hydrogen-bond donors (Lipinski definition) is 1. The number of aryl methyl sites for hydroxylation is 2. The van der Waals surface area contributed by atoms with Gasteiger partial charge in [0.15, 0.2) is 0 Å². The van der Waals surface area contributed by atoms with Gasteiger partial charge in [0.25, 0.3) is 0 Å². The summed E-state index contributed by atoms with van der Waals surface area (Å²) < 4.78 is 20.3. The van der Waals surface area contributed by atoms with Gasteiger partial charge < -0.3 is 10.1 Å². The zero-order valence-corrected chi connectivity index (χ0v) is 16.2. The fourth-order valence-corrected chi connectivity index (χ4v) is 2.91. The zero-order valence-electron chi connectivity index (χ0n) is 16.2. The Morgan fingerprint density at radius 1 is 1.18 bits per heavy atom. The lowest BCUT2D eigenvalue weighted by Crippen LogP contribution is -2.23. The molecular weight excluding hydrogens is 359 g/mol. The molecule has 7 heteroatoms. The third-order valence-corrected chi connectivity index (χ3v) is 4.58. The second-order valence-electron chi connectivity index (χ2n) is 6.61. The Kier molecular flexibility index (Phi) is 6.03. The van der Waals surface area contributed by atoms with Gasteiger partial charge >= 0.3 is 0 Å². The molecule has 0 atom stereocenters. The van der Waals surface area contributed by atoms with Crippen molar-refractivity contribution >= 4 is 5.91 Å². The van der Waals surface area contributed by atoms with Crippen molar-refractivity contribution in [2.24, 2.45) is 7.05 Å². The van der Waals surface area contributed by atoms with Crippen molar-refractivity contribution in [1.29, 1.82) is 0 Å². The van der Waals surface area contributed by atoms with E-state index in [1.54, 1.807) is 12.3 Å². The average molecular weight is 382 g/mol. The predicted octanol–water partition coefficient (Wildman–Crippen LogP) is 3.61. The fourth-order valence-electron chi connectivity index (χ4n) is 2.91. The van der Waals surface area contributed by atoms with Gasteiger partial charge in [-0.1, -0.05) is 6.07 Å². The van der Waals surface area contributed by atoms with Gasteiger partial charge in [0, 0.05) is 38.0 Å². The maximum atomic E-state index is 12.9. The van der Waals surface area contributed by atoms with Gasteiger partial charge in [-0.25, -0.2) is 9.37 Å². The van der Waals surface area contributed by atoms with E-state index in [-0.39, 0.29) is 11.7 Å². The molecule has 0 saturated heterocycles. The van der Waals surface area contributed by atoms with Crippen molar-refractivity contribution in [1.82, 2.24) is 20.1 Å². The van der Waals surface area contributed by atoms with E-state index in [1.807, 2.05) is 31.6 Å². The van der Waals surface area contributed by atoms with Crippen LogP contribution in [-0.4, -0.2) is 20.7 Å². The molecule has 1 aromatic carbocycles. The van der Waals surface area contributed by atoms with Crippen molar-refractivity contribution < 1.29 is 13.9 Å². The smallest absolute Gasteiger partial charge is 0.220 e. The zero-order chi connectivity index (χ0) is 20.1. The molecule has 0 radical (unpaired) electrons. The normalized spacial score (nSPS) is 10.7. The van der Waals surface area contributed by atoms with Gasteiger partial charge in [-0.2, -0.15) is 5.10 Å². The summed E-state index contributed by atoms with van der Waals surface area (Å²) in [6, 6.07) is 9.28. The first-order valence-corrected chi connectivity index (χ1v) is 9.06. The van der Waals surface area contributed by atoms with Crippen LogP contribution < -0.4 is 10.1 Å². The predicted molar refractivity (Wildman–Crippen MR) is 104 cm³/mol. The summed E-state index contributed by atoms with van der Waals surface area (Å²) in [4.78, 5) is 16.4. The molecule has 3 aromatic rings. The highest BCUT2D eigenvalue weighted by Gasteiger charge is 2.11. The third-order valence-electron chi connectivity index (χ3n) is 4.58.